The first-order valence-electron chi connectivity index (χ1n) is 17.0. The summed E-state index contributed by atoms with van der Waals surface area (Å²) in [6, 6.07) is 48.5. The monoisotopic (exact) mass is 575 g/mol. The van der Waals surface area contributed by atoms with Crippen molar-refractivity contribution in [1.29, 1.82) is 0 Å². The highest BCUT2D eigenvalue weighted by molar-refractivity contribution is 6.18. The van der Waals surface area contributed by atoms with Gasteiger partial charge in [-0.3, -0.25) is 0 Å². The van der Waals surface area contributed by atoms with E-state index < -0.39 is 0 Å². The van der Waals surface area contributed by atoms with Gasteiger partial charge in [0.15, 0.2) is 0 Å². The van der Waals surface area contributed by atoms with Crippen molar-refractivity contribution in [2.45, 2.75) is 31.1 Å². The summed E-state index contributed by atoms with van der Waals surface area (Å²) in [7, 11) is 0. The van der Waals surface area contributed by atoms with Crippen molar-refractivity contribution in [2.24, 2.45) is 29.1 Å². The Morgan fingerprint density at radius 2 is 1.22 bits per heavy atom. The Morgan fingerprint density at radius 3 is 2.18 bits per heavy atom. The van der Waals surface area contributed by atoms with Crippen molar-refractivity contribution >= 4 is 32.6 Å². The number of hydrogen-bond acceptors (Lipinski definition) is 0. The Bertz CT molecular complexity index is 2440. The van der Waals surface area contributed by atoms with E-state index in [0.717, 1.165) is 23.7 Å². The second kappa shape index (κ2) is 7.77. The second-order valence-corrected chi connectivity index (χ2v) is 14.9. The van der Waals surface area contributed by atoms with Gasteiger partial charge in [0.25, 0.3) is 0 Å². The lowest BCUT2D eigenvalue weighted by molar-refractivity contribution is -0.231. The molecule has 45 heavy (non-hydrogen) atoms. The van der Waals surface area contributed by atoms with Crippen LogP contribution in [0.1, 0.15) is 36.8 Å². The molecule has 0 N–H and O–H groups in total. The fraction of sp³-hybridized carbons (Fsp3) is 0.227. The first kappa shape index (κ1) is 23.7. The molecule has 1 heteroatoms. The van der Waals surface area contributed by atoms with Crippen LogP contribution in [0.2, 0.25) is 0 Å². The molecular weight excluding hydrogens is 542 g/mol. The van der Waals surface area contributed by atoms with E-state index in [9.17, 15) is 0 Å². The number of para-hydroxylation sites is 1. The number of hydrogen-bond donors (Lipinski definition) is 0. The Kier molecular flexibility index (Phi) is 4.10. The largest absolute Gasteiger partial charge is 0.309 e. The van der Waals surface area contributed by atoms with E-state index in [-0.39, 0.29) is 5.41 Å². The highest BCUT2D eigenvalue weighted by Gasteiger charge is 2.84. The highest BCUT2D eigenvalue weighted by atomic mass is 15.0. The maximum absolute atomic E-state index is 2.53. The Balaban J connectivity index is 1.16. The quantitative estimate of drug-likeness (QED) is 0.193. The molecule has 5 aliphatic carbocycles. The molecule has 1 aromatic heterocycles. The van der Waals surface area contributed by atoms with Gasteiger partial charge in [0, 0.05) is 21.6 Å². The molecule has 0 amide bonds. The maximum atomic E-state index is 2.53. The Labute approximate surface area is 263 Å². The lowest BCUT2D eigenvalue weighted by atomic mass is 9.27. The molecule has 6 atom stereocenters. The molecule has 0 aliphatic heterocycles. The summed E-state index contributed by atoms with van der Waals surface area (Å²) >= 11 is 0. The van der Waals surface area contributed by atoms with Gasteiger partial charge in [-0.15, -0.1) is 0 Å². The lowest BCUT2D eigenvalue weighted by Crippen LogP contribution is -2.73. The molecule has 6 unspecified atom stereocenters. The number of aromatic nitrogens is 1. The van der Waals surface area contributed by atoms with Gasteiger partial charge in [0.1, 0.15) is 0 Å². The van der Waals surface area contributed by atoms with E-state index in [2.05, 4.69) is 132 Å². The molecule has 7 aromatic rings. The van der Waals surface area contributed by atoms with Crippen LogP contribution in [0.4, 0.5) is 0 Å². The van der Waals surface area contributed by atoms with E-state index in [1.807, 2.05) is 0 Å². The highest BCUT2D eigenvalue weighted by Crippen LogP contribution is 2.89. The first-order chi connectivity index (χ1) is 22.3. The average Bonchev–Trinajstić information content (AvgIpc) is 3.81. The normalized spacial score (nSPS) is 29.6. The molecule has 1 heterocycles. The maximum Gasteiger partial charge on any atom is 0.0547 e. The summed E-state index contributed by atoms with van der Waals surface area (Å²) in [6.07, 6.45) is 5.91. The van der Waals surface area contributed by atoms with Gasteiger partial charge >= 0.3 is 0 Å². The molecule has 2 bridgehead atoms. The van der Waals surface area contributed by atoms with E-state index >= 15 is 0 Å². The minimum absolute atomic E-state index is 0.221. The second-order valence-electron chi connectivity index (χ2n) is 14.9. The van der Waals surface area contributed by atoms with Crippen molar-refractivity contribution in [3.05, 3.63) is 139 Å². The van der Waals surface area contributed by atoms with Gasteiger partial charge in [0.05, 0.1) is 16.7 Å². The van der Waals surface area contributed by atoms with Crippen LogP contribution in [0.25, 0.3) is 60.5 Å². The zero-order valence-electron chi connectivity index (χ0n) is 25.2. The van der Waals surface area contributed by atoms with Gasteiger partial charge in [-0.1, -0.05) is 109 Å². The minimum Gasteiger partial charge on any atom is -0.309 e. The average molecular weight is 576 g/mol. The first-order valence-corrected chi connectivity index (χ1v) is 17.0. The number of nitrogens with zero attached hydrogens (tertiary/aromatic N) is 1. The summed E-state index contributed by atoms with van der Waals surface area (Å²) < 4.78 is 2.51. The summed E-state index contributed by atoms with van der Waals surface area (Å²) in [5, 5.41) is 5.25. The number of benzene rings is 6. The van der Waals surface area contributed by atoms with Crippen molar-refractivity contribution in [3.8, 4) is 27.9 Å². The van der Waals surface area contributed by atoms with Crippen molar-refractivity contribution in [1.82, 2.24) is 4.57 Å². The third-order valence-electron chi connectivity index (χ3n) is 13.7. The molecule has 0 saturated heterocycles. The zero-order valence-corrected chi connectivity index (χ0v) is 25.2. The molecule has 6 aromatic carbocycles. The van der Waals surface area contributed by atoms with Gasteiger partial charge in [-0.25, -0.2) is 0 Å². The minimum atomic E-state index is 0.221. The van der Waals surface area contributed by atoms with Gasteiger partial charge < -0.3 is 4.57 Å². The van der Waals surface area contributed by atoms with Crippen LogP contribution in [0, 0.1) is 29.1 Å². The van der Waals surface area contributed by atoms with Crippen LogP contribution in [-0.4, -0.2) is 4.57 Å². The van der Waals surface area contributed by atoms with Crippen LogP contribution >= 0.6 is 0 Å². The lowest BCUT2D eigenvalue weighted by Gasteiger charge is -2.76. The Morgan fingerprint density at radius 1 is 0.533 bits per heavy atom. The third kappa shape index (κ3) is 2.47. The fourth-order valence-electron chi connectivity index (χ4n) is 12.5. The standard InChI is InChI=1S/C44H33N/c1-2-12-29-27(10-1)11-7-20-36(29)45-37-19-6-4-14-33(37)42-31(16-9-21-38(42)45)30-15-8-18-35-41(30)32-13-3-5-17-34(32)44(35)39-23-26-22-28-24-40(44)43(28,39)25-26/h1-21,26,28,39-40H,22-25H2. The predicted octanol–water partition coefficient (Wildman–Crippen LogP) is 10.9. The molecular formula is C44H33N. The van der Waals surface area contributed by atoms with Gasteiger partial charge in [0.2, 0.25) is 0 Å². The number of rotatable bonds is 2. The van der Waals surface area contributed by atoms with Crippen LogP contribution in [0.3, 0.4) is 0 Å². The Hall–Kier alpha value is -4.62. The van der Waals surface area contributed by atoms with E-state index in [1.54, 1.807) is 11.1 Å². The van der Waals surface area contributed by atoms with E-state index in [1.165, 1.54) is 86.2 Å². The third-order valence-corrected chi connectivity index (χ3v) is 13.7. The summed E-state index contributed by atoms with van der Waals surface area (Å²) in [5.74, 6) is 3.63. The molecule has 4 saturated carbocycles. The topological polar surface area (TPSA) is 4.93 Å². The molecule has 2 spiro atoms. The van der Waals surface area contributed by atoms with Crippen LogP contribution < -0.4 is 0 Å². The summed E-state index contributed by atoms with van der Waals surface area (Å²) in [4.78, 5) is 0. The fourth-order valence-corrected chi connectivity index (χ4v) is 12.5. The summed E-state index contributed by atoms with van der Waals surface area (Å²) in [6.45, 7) is 0. The van der Waals surface area contributed by atoms with Crippen LogP contribution in [0.5, 0.6) is 0 Å². The molecule has 5 aliphatic rings. The van der Waals surface area contributed by atoms with Crippen molar-refractivity contribution in [2.75, 3.05) is 0 Å². The predicted molar refractivity (Wildman–Crippen MR) is 185 cm³/mol. The molecule has 12 rings (SSSR count). The van der Waals surface area contributed by atoms with E-state index in [4.69, 9.17) is 0 Å². The van der Waals surface area contributed by atoms with Crippen LogP contribution in [0.15, 0.2) is 127 Å². The SMILES string of the molecule is c1ccc2c(c1)-c1c(-c3cccc4c3c3ccccc3n4-c3cccc4ccccc34)cccc1C21C2CC3CC4CC1C42C3. The van der Waals surface area contributed by atoms with Gasteiger partial charge in [-0.2, -0.15) is 0 Å². The molecule has 4 fully saturated rings. The molecule has 0 radical (unpaired) electrons. The zero-order chi connectivity index (χ0) is 29.1. The van der Waals surface area contributed by atoms with Crippen LogP contribution in [-0.2, 0) is 5.41 Å². The smallest absolute Gasteiger partial charge is 0.0547 e. The van der Waals surface area contributed by atoms with E-state index in [0.29, 0.717) is 5.41 Å². The number of fused-ring (bicyclic) bond motifs is 12. The molecule has 1 nitrogen and oxygen atoms in total. The molecule has 214 valence electrons. The summed E-state index contributed by atoms with van der Waals surface area (Å²) in [5.41, 5.74) is 13.7. The van der Waals surface area contributed by atoms with Crippen molar-refractivity contribution < 1.29 is 0 Å². The van der Waals surface area contributed by atoms with Crippen molar-refractivity contribution in [3.63, 3.8) is 0 Å². The van der Waals surface area contributed by atoms with Gasteiger partial charge in [-0.05, 0) is 112 Å².